The Morgan fingerprint density at radius 2 is 1.10 bits per heavy atom. The van der Waals surface area contributed by atoms with Crippen LogP contribution < -0.4 is 0 Å². The van der Waals surface area contributed by atoms with E-state index in [4.69, 9.17) is 0 Å². The van der Waals surface area contributed by atoms with E-state index in [0.717, 1.165) is 0 Å². The van der Waals surface area contributed by atoms with E-state index >= 15 is 0 Å². The van der Waals surface area contributed by atoms with Crippen molar-refractivity contribution in [2.75, 3.05) is 0 Å². The van der Waals surface area contributed by atoms with Crippen molar-refractivity contribution >= 4 is 0 Å². The quantitative estimate of drug-likeness (QED) is 0.467. The molecule has 0 fully saturated rings. The first-order chi connectivity index (χ1) is 4.83. The van der Waals surface area contributed by atoms with Crippen molar-refractivity contribution in [1.29, 1.82) is 0 Å². The van der Waals surface area contributed by atoms with Crippen LogP contribution in [0.15, 0.2) is 0 Å². The summed E-state index contributed by atoms with van der Waals surface area (Å²) in [5, 5.41) is 0. The van der Waals surface area contributed by atoms with E-state index in [0.29, 0.717) is 0 Å². The SMILES string of the molecule is CCCCCCC.[CH3][Zn][CH3]. The predicted octanol–water partition coefficient (Wildman–Crippen LogP) is 4.14. The zero-order valence-corrected chi connectivity index (χ0v) is 11.2. The van der Waals surface area contributed by atoms with E-state index < -0.39 is 0 Å². The van der Waals surface area contributed by atoms with Crippen molar-refractivity contribution < 1.29 is 17.1 Å². The Morgan fingerprint density at radius 3 is 1.30 bits per heavy atom. The van der Waals surface area contributed by atoms with Gasteiger partial charge >= 0.3 is 28.2 Å². The van der Waals surface area contributed by atoms with Gasteiger partial charge in [0.1, 0.15) is 0 Å². The van der Waals surface area contributed by atoms with Gasteiger partial charge in [0.2, 0.25) is 0 Å². The molecule has 0 saturated heterocycles. The summed E-state index contributed by atoms with van der Waals surface area (Å²) in [5.74, 6) is 0. The van der Waals surface area contributed by atoms with E-state index in [1.165, 1.54) is 32.1 Å². The minimum absolute atomic E-state index is 0.125. The van der Waals surface area contributed by atoms with Crippen LogP contribution in [-0.2, 0) is 17.1 Å². The first kappa shape index (κ1) is 13.2. The van der Waals surface area contributed by atoms with Crippen LogP contribution in [0, 0.1) is 0 Å². The van der Waals surface area contributed by atoms with Crippen LogP contribution >= 0.6 is 0 Å². The molecule has 0 bridgehead atoms. The fourth-order valence-corrected chi connectivity index (χ4v) is 0.677. The molecular weight excluding hydrogens is 173 g/mol. The van der Waals surface area contributed by atoms with Crippen LogP contribution in [0.1, 0.15) is 46.0 Å². The predicted molar refractivity (Wildman–Crippen MR) is 46.2 cm³/mol. The normalized spacial score (nSPS) is 7.60. The van der Waals surface area contributed by atoms with Gasteiger partial charge < -0.3 is 0 Å². The second-order valence-corrected chi connectivity index (χ2v) is 5.73. The summed E-state index contributed by atoms with van der Waals surface area (Å²) < 4.78 is 0. The first-order valence-corrected chi connectivity index (χ1v) is 10.8. The van der Waals surface area contributed by atoms with Gasteiger partial charge in [-0.25, -0.2) is 0 Å². The molecule has 0 aromatic heterocycles. The Morgan fingerprint density at radius 1 is 0.800 bits per heavy atom. The van der Waals surface area contributed by atoms with E-state index in [-0.39, 0.29) is 17.1 Å². The second kappa shape index (κ2) is 16.3. The molecule has 0 nitrogen and oxygen atoms in total. The van der Waals surface area contributed by atoms with Crippen molar-refractivity contribution in [2.45, 2.75) is 57.0 Å². The van der Waals surface area contributed by atoms with E-state index in [9.17, 15) is 0 Å². The molecule has 0 aliphatic rings. The molecule has 0 amide bonds. The van der Waals surface area contributed by atoms with Crippen LogP contribution in [0.4, 0.5) is 0 Å². The molecule has 0 heterocycles. The maximum atomic E-state index is 2.31. The van der Waals surface area contributed by atoms with Crippen LogP contribution in [-0.4, -0.2) is 0 Å². The van der Waals surface area contributed by atoms with Crippen molar-refractivity contribution in [1.82, 2.24) is 0 Å². The van der Waals surface area contributed by atoms with Gasteiger partial charge in [-0.2, -0.15) is 0 Å². The fraction of sp³-hybridized carbons (Fsp3) is 1.00. The molecule has 0 atom stereocenters. The zero-order chi connectivity index (χ0) is 8.24. The van der Waals surface area contributed by atoms with Crippen LogP contribution in [0.3, 0.4) is 0 Å². The van der Waals surface area contributed by atoms with Crippen molar-refractivity contribution in [3.8, 4) is 0 Å². The Labute approximate surface area is 74.4 Å². The zero-order valence-electron chi connectivity index (χ0n) is 8.24. The molecule has 0 aliphatic carbocycles. The number of hydrogen-bond acceptors (Lipinski definition) is 0. The van der Waals surface area contributed by atoms with Gasteiger partial charge in [-0.3, -0.25) is 0 Å². The Bertz CT molecular complexity index is 31.7. The summed E-state index contributed by atoms with van der Waals surface area (Å²) in [5.41, 5.74) is 4.62. The van der Waals surface area contributed by atoms with Gasteiger partial charge in [-0.1, -0.05) is 46.0 Å². The molecule has 0 N–H and O–H groups in total. The Hall–Kier alpha value is 0.623. The molecule has 0 radical (unpaired) electrons. The summed E-state index contributed by atoms with van der Waals surface area (Å²) in [6.45, 7) is 4.49. The van der Waals surface area contributed by atoms with Gasteiger partial charge in [0, 0.05) is 0 Å². The van der Waals surface area contributed by atoms with Crippen LogP contribution in [0.25, 0.3) is 0 Å². The van der Waals surface area contributed by atoms with Crippen molar-refractivity contribution in [3.05, 3.63) is 0 Å². The van der Waals surface area contributed by atoms with Gasteiger partial charge in [0.25, 0.3) is 0 Å². The number of unbranched alkanes of at least 4 members (excludes halogenated alkanes) is 4. The first-order valence-electron chi connectivity index (χ1n) is 4.83. The Kier molecular flexibility index (Phi) is 21.6. The molecule has 0 saturated carbocycles. The molecule has 10 heavy (non-hydrogen) atoms. The fourth-order valence-electron chi connectivity index (χ4n) is 0.677. The number of hydrogen-bond donors (Lipinski definition) is 0. The topological polar surface area (TPSA) is 0 Å². The summed E-state index contributed by atoms with van der Waals surface area (Å²) in [6.07, 6.45) is 7.01. The Balaban J connectivity index is 0. The average molecular weight is 196 g/mol. The maximum absolute atomic E-state index is 2.31. The van der Waals surface area contributed by atoms with E-state index in [1.54, 1.807) is 0 Å². The summed E-state index contributed by atoms with van der Waals surface area (Å²) >= 11 is 0.125. The van der Waals surface area contributed by atoms with Crippen molar-refractivity contribution in [3.63, 3.8) is 0 Å². The van der Waals surface area contributed by atoms with Gasteiger partial charge in [0.05, 0.1) is 0 Å². The molecule has 60 valence electrons. The minimum atomic E-state index is 0.125. The van der Waals surface area contributed by atoms with Crippen LogP contribution in [0.5, 0.6) is 0 Å². The number of rotatable bonds is 4. The monoisotopic (exact) mass is 194 g/mol. The third-order valence-electron chi connectivity index (χ3n) is 1.21. The molecule has 0 unspecified atom stereocenters. The van der Waals surface area contributed by atoms with Gasteiger partial charge in [0.15, 0.2) is 0 Å². The summed E-state index contributed by atoms with van der Waals surface area (Å²) in [6, 6.07) is 0. The van der Waals surface area contributed by atoms with E-state index in [2.05, 4.69) is 24.9 Å². The molecule has 0 aliphatic heterocycles. The molecule has 0 rings (SSSR count). The molecule has 1 heteroatoms. The molecule has 0 aromatic rings. The molecule has 0 aromatic carbocycles. The third kappa shape index (κ3) is 23.4. The molecular formula is C9H22Zn. The summed E-state index contributed by atoms with van der Waals surface area (Å²) in [4.78, 5) is 0. The molecule has 0 spiro atoms. The van der Waals surface area contributed by atoms with E-state index in [1.807, 2.05) is 0 Å². The van der Waals surface area contributed by atoms with Gasteiger partial charge in [-0.15, -0.1) is 0 Å². The standard InChI is InChI=1S/C7H16.2CH3.Zn/c1-3-5-7-6-4-2;;;/h3-7H2,1-2H3;2*1H3;. The average Bonchev–Trinajstić information content (AvgIpc) is 1.91. The van der Waals surface area contributed by atoms with Crippen LogP contribution in [0.2, 0.25) is 11.0 Å². The second-order valence-electron chi connectivity index (χ2n) is 2.77. The van der Waals surface area contributed by atoms with Gasteiger partial charge in [-0.05, 0) is 0 Å². The summed E-state index contributed by atoms with van der Waals surface area (Å²) in [7, 11) is 0. The third-order valence-corrected chi connectivity index (χ3v) is 1.21. The van der Waals surface area contributed by atoms with Crippen molar-refractivity contribution in [2.24, 2.45) is 0 Å².